The zero-order chi connectivity index (χ0) is 23.8. The second-order valence-electron chi connectivity index (χ2n) is 7.57. The van der Waals surface area contributed by atoms with Crippen LogP contribution in [0.5, 0.6) is 0 Å². The molecular formula is C24H26ClN5O2S. The van der Waals surface area contributed by atoms with Gasteiger partial charge in [-0.1, -0.05) is 67.6 Å². The van der Waals surface area contributed by atoms with Crippen LogP contribution in [0.4, 0.5) is 5.69 Å². The first-order chi connectivity index (χ1) is 15.9. The Hall–Kier alpha value is -3.10. The van der Waals surface area contributed by atoms with Gasteiger partial charge in [-0.25, -0.2) is 0 Å². The fourth-order valence-corrected chi connectivity index (χ4v) is 4.15. The molecule has 7 nitrogen and oxygen atoms in total. The summed E-state index contributed by atoms with van der Waals surface area (Å²) in [6.07, 6.45) is 1.72. The minimum Gasteiger partial charge on any atom is -0.345 e. The third kappa shape index (κ3) is 6.69. The molecule has 0 spiro atoms. The standard InChI is InChI=1S/C24H26ClN5O2S/c1-4-12-30-21(14-26-23(32)17-8-7-9-18(25)13-17)28-29-24(30)33-15-22(31)27-20-11-6-5-10-19(20)16(2)3/h4-11,13,16H,1,12,14-15H2,2-3H3,(H,26,32)(H,27,31). The molecule has 2 amide bonds. The molecule has 1 heterocycles. The molecule has 3 rings (SSSR count). The molecule has 0 atom stereocenters. The van der Waals surface area contributed by atoms with E-state index in [1.807, 2.05) is 28.8 Å². The number of thioether (sulfide) groups is 1. The topological polar surface area (TPSA) is 88.9 Å². The molecule has 172 valence electrons. The predicted molar refractivity (Wildman–Crippen MR) is 133 cm³/mol. The average Bonchev–Trinajstić information content (AvgIpc) is 3.18. The van der Waals surface area contributed by atoms with E-state index in [1.54, 1.807) is 30.3 Å². The van der Waals surface area contributed by atoms with Gasteiger partial charge in [0.1, 0.15) is 0 Å². The molecule has 0 bridgehead atoms. The van der Waals surface area contributed by atoms with Gasteiger partial charge in [-0.3, -0.25) is 9.59 Å². The lowest BCUT2D eigenvalue weighted by Gasteiger charge is -2.13. The first-order valence-corrected chi connectivity index (χ1v) is 11.8. The molecule has 0 aliphatic heterocycles. The van der Waals surface area contributed by atoms with Gasteiger partial charge in [0.15, 0.2) is 11.0 Å². The zero-order valence-corrected chi connectivity index (χ0v) is 20.1. The molecule has 0 saturated carbocycles. The van der Waals surface area contributed by atoms with Crippen LogP contribution in [0.3, 0.4) is 0 Å². The monoisotopic (exact) mass is 483 g/mol. The van der Waals surface area contributed by atoms with E-state index in [9.17, 15) is 9.59 Å². The summed E-state index contributed by atoms with van der Waals surface area (Å²) in [4.78, 5) is 25.0. The van der Waals surface area contributed by atoms with E-state index < -0.39 is 0 Å². The van der Waals surface area contributed by atoms with E-state index >= 15 is 0 Å². The van der Waals surface area contributed by atoms with Crippen molar-refractivity contribution in [3.8, 4) is 0 Å². The fourth-order valence-electron chi connectivity index (χ4n) is 3.19. The van der Waals surface area contributed by atoms with Gasteiger partial charge in [0.2, 0.25) is 5.91 Å². The van der Waals surface area contributed by atoms with Crippen LogP contribution in [0, 0.1) is 0 Å². The summed E-state index contributed by atoms with van der Waals surface area (Å²) in [5.74, 6) is 0.657. The Morgan fingerprint density at radius 2 is 1.97 bits per heavy atom. The summed E-state index contributed by atoms with van der Waals surface area (Å²) in [7, 11) is 0. The van der Waals surface area contributed by atoms with Gasteiger partial charge in [-0.2, -0.15) is 0 Å². The first-order valence-electron chi connectivity index (χ1n) is 10.5. The third-order valence-electron chi connectivity index (χ3n) is 4.79. The van der Waals surface area contributed by atoms with Gasteiger partial charge in [0, 0.05) is 22.8 Å². The molecule has 0 aliphatic rings. The fraction of sp³-hybridized carbons (Fsp3) is 0.250. The Labute approximate surface area is 202 Å². The van der Waals surface area contributed by atoms with E-state index in [1.165, 1.54) is 11.8 Å². The molecular weight excluding hydrogens is 458 g/mol. The van der Waals surface area contributed by atoms with Crippen molar-refractivity contribution in [2.45, 2.75) is 38.0 Å². The minimum atomic E-state index is -0.261. The van der Waals surface area contributed by atoms with Crippen LogP contribution in [-0.4, -0.2) is 32.3 Å². The summed E-state index contributed by atoms with van der Waals surface area (Å²) in [5.41, 5.74) is 2.36. The quantitative estimate of drug-likeness (QED) is 0.316. The number of hydrogen-bond acceptors (Lipinski definition) is 5. The molecule has 33 heavy (non-hydrogen) atoms. The van der Waals surface area contributed by atoms with E-state index in [0.717, 1.165) is 11.3 Å². The number of allylic oxidation sites excluding steroid dienone is 1. The number of para-hydroxylation sites is 1. The highest BCUT2D eigenvalue weighted by Crippen LogP contribution is 2.24. The highest BCUT2D eigenvalue weighted by molar-refractivity contribution is 7.99. The largest absolute Gasteiger partial charge is 0.345 e. The molecule has 2 N–H and O–H groups in total. The highest BCUT2D eigenvalue weighted by atomic mass is 35.5. The molecule has 0 radical (unpaired) electrons. The maximum absolute atomic E-state index is 12.6. The average molecular weight is 484 g/mol. The first kappa shape index (κ1) is 24.5. The Balaban J connectivity index is 1.63. The van der Waals surface area contributed by atoms with Crippen LogP contribution in [-0.2, 0) is 17.9 Å². The Morgan fingerprint density at radius 3 is 2.70 bits per heavy atom. The molecule has 0 unspecified atom stereocenters. The van der Waals surface area contributed by atoms with Crippen LogP contribution >= 0.6 is 23.4 Å². The van der Waals surface area contributed by atoms with Gasteiger partial charge < -0.3 is 15.2 Å². The normalized spacial score (nSPS) is 10.8. The number of halogens is 1. The van der Waals surface area contributed by atoms with Crippen molar-refractivity contribution in [1.29, 1.82) is 0 Å². The van der Waals surface area contributed by atoms with Gasteiger partial charge in [0.25, 0.3) is 5.91 Å². The summed E-state index contributed by atoms with van der Waals surface area (Å²) >= 11 is 7.24. The van der Waals surface area contributed by atoms with Gasteiger partial charge in [-0.15, -0.1) is 16.8 Å². The van der Waals surface area contributed by atoms with Crippen LogP contribution in [0.2, 0.25) is 5.02 Å². The number of amides is 2. The Morgan fingerprint density at radius 1 is 1.18 bits per heavy atom. The van der Waals surface area contributed by atoms with E-state index in [-0.39, 0.29) is 24.1 Å². The van der Waals surface area contributed by atoms with Crippen molar-refractivity contribution >= 4 is 40.9 Å². The lowest BCUT2D eigenvalue weighted by molar-refractivity contribution is -0.113. The molecule has 0 saturated heterocycles. The van der Waals surface area contributed by atoms with Crippen LogP contribution in [0.15, 0.2) is 66.3 Å². The molecule has 0 fully saturated rings. The number of carbonyl (C=O) groups is 2. The van der Waals surface area contributed by atoms with E-state index in [2.05, 4.69) is 41.3 Å². The Bertz CT molecular complexity index is 1150. The van der Waals surface area contributed by atoms with Crippen LogP contribution < -0.4 is 10.6 Å². The smallest absolute Gasteiger partial charge is 0.251 e. The number of aromatic nitrogens is 3. The van der Waals surface area contributed by atoms with Crippen LogP contribution in [0.1, 0.15) is 41.5 Å². The number of rotatable bonds is 10. The second kappa shape index (κ2) is 11.7. The van der Waals surface area contributed by atoms with Crippen molar-refractivity contribution in [1.82, 2.24) is 20.1 Å². The molecule has 9 heteroatoms. The van der Waals surface area contributed by atoms with Crippen LogP contribution in [0.25, 0.3) is 0 Å². The van der Waals surface area contributed by atoms with Gasteiger partial charge >= 0.3 is 0 Å². The molecule has 0 aliphatic carbocycles. The highest BCUT2D eigenvalue weighted by Gasteiger charge is 2.16. The Kier molecular flexibility index (Phi) is 8.68. The van der Waals surface area contributed by atoms with Gasteiger partial charge in [-0.05, 0) is 35.7 Å². The molecule has 2 aromatic carbocycles. The minimum absolute atomic E-state index is 0.128. The number of nitrogens with zero attached hydrogens (tertiary/aromatic N) is 3. The van der Waals surface area contributed by atoms with Crippen molar-refractivity contribution in [3.63, 3.8) is 0 Å². The summed E-state index contributed by atoms with van der Waals surface area (Å²) < 4.78 is 1.82. The lowest BCUT2D eigenvalue weighted by atomic mass is 10.0. The summed E-state index contributed by atoms with van der Waals surface area (Å²) in [6, 6.07) is 14.5. The van der Waals surface area contributed by atoms with Crippen molar-refractivity contribution in [2.75, 3.05) is 11.1 Å². The second-order valence-corrected chi connectivity index (χ2v) is 8.95. The summed E-state index contributed by atoms with van der Waals surface area (Å²) in [6.45, 7) is 8.59. The number of nitrogens with one attached hydrogen (secondary N) is 2. The van der Waals surface area contributed by atoms with Crippen molar-refractivity contribution in [2.24, 2.45) is 0 Å². The lowest BCUT2D eigenvalue weighted by Crippen LogP contribution is -2.24. The maximum Gasteiger partial charge on any atom is 0.251 e. The van der Waals surface area contributed by atoms with Gasteiger partial charge in [0.05, 0.1) is 12.3 Å². The van der Waals surface area contributed by atoms with E-state index in [4.69, 9.17) is 11.6 Å². The predicted octanol–water partition coefficient (Wildman–Crippen LogP) is 4.90. The number of hydrogen-bond donors (Lipinski definition) is 2. The number of anilines is 1. The zero-order valence-electron chi connectivity index (χ0n) is 18.5. The number of benzene rings is 2. The number of carbonyl (C=O) groups excluding carboxylic acids is 2. The molecule has 3 aromatic rings. The van der Waals surface area contributed by atoms with Crippen molar-refractivity contribution in [3.05, 3.63) is 83.2 Å². The van der Waals surface area contributed by atoms with E-state index in [0.29, 0.717) is 34.0 Å². The van der Waals surface area contributed by atoms with Crippen molar-refractivity contribution < 1.29 is 9.59 Å². The maximum atomic E-state index is 12.6. The molecule has 1 aromatic heterocycles. The SMILES string of the molecule is C=CCn1c(CNC(=O)c2cccc(Cl)c2)nnc1SCC(=O)Nc1ccccc1C(C)C. The third-order valence-corrected chi connectivity index (χ3v) is 5.99. The summed E-state index contributed by atoms with van der Waals surface area (Å²) in [5, 5.41) is 15.3.